The van der Waals surface area contributed by atoms with Gasteiger partial charge in [0.1, 0.15) is 11.8 Å². The van der Waals surface area contributed by atoms with E-state index in [2.05, 4.69) is 16.0 Å². The van der Waals surface area contributed by atoms with Crippen LogP contribution in [0.4, 0.5) is 0 Å². The first-order valence-electron chi connectivity index (χ1n) is 6.84. The third kappa shape index (κ3) is 1.58. The lowest BCUT2D eigenvalue weighted by Crippen LogP contribution is -1.92. The van der Waals surface area contributed by atoms with Crippen LogP contribution in [-0.4, -0.2) is 21.6 Å². The standard InChI is InChI=1S/C17H12N4O/c1-21-9-19-17-15(21)6-5-13-16(17)12(8-18)11-4-3-10(22-2)7-14(11)20-13/h3-7,9H,1-2H3. The van der Waals surface area contributed by atoms with Crippen molar-refractivity contribution in [2.75, 3.05) is 7.11 Å². The number of nitrogens with zero attached hydrogens (tertiary/aromatic N) is 4. The molecule has 2 heterocycles. The minimum absolute atomic E-state index is 0.604. The van der Waals surface area contributed by atoms with Crippen LogP contribution >= 0.6 is 0 Å². The Bertz CT molecular complexity index is 1090. The maximum absolute atomic E-state index is 9.68. The van der Waals surface area contributed by atoms with Crippen molar-refractivity contribution in [2.24, 2.45) is 7.05 Å². The predicted octanol–water partition coefficient (Wildman–Crippen LogP) is 3.15. The number of benzene rings is 2. The van der Waals surface area contributed by atoms with Crippen LogP contribution in [0.25, 0.3) is 32.8 Å². The monoisotopic (exact) mass is 288 g/mol. The fraction of sp³-hybridized carbons (Fsp3) is 0.118. The van der Waals surface area contributed by atoms with Crippen molar-refractivity contribution in [3.05, 3.63) is 42.2 Å². The van der Waals surface area contributed by atoms with Crippen LogP contribution in [0.3, 0.4) is 0 Å². The molecule has 5 nitrogen and oxygen atoms in total. The van der Waals surface area contributed by atoms with Crippen molar-refractivity contribution in [1.29, 1.82) is 5.26 Å². The molecule has 2 aromatic carbocycles. The van der Waals surface area contributed by atoms with Gasteiger partial charge >= 0.3 is 0 Å². The summed E-state index contributed by atoms with van der Waals surface area (Å²) in [7, 11) is 3.55. The van der Waals surface area contributed by atoms with E-state index in [0.29, 0.717) is 5.56 Å². The van der Waals surface area contributed by atoms with Gasteiger partial charge in [0.15, 0.2) is 0 Å². The Balaban J connectivity index is 2.26. The smallest absolute Gasteiger partial charge is 0.121 e. The summed E-state index contributed by atoms with van der Waals surface area (Å²) in [5, 5.41) is 11.3. The molecule has 0 fully saturated rings. The van der Waals surface area contributed by atoms with E-state index in [1.54, 1.807) is 13.4 Å². The number of methoxy groups -OCH3 is 1. The first kappa shape index (κ1) is 12.6. The Morgan fingerprint density at radius 3 is 2.82 bits per heavy atom. The number of hydrogen-bond donors (Lipinski definition) is 0. The lowest BCUT2D eigenvalue weighted by atomic mass is 10.0. The molecule has 2 aromatic heterocycles. The van der Waals surface area contributed by atoms with Crippen molar-refractivity contribution in [2.45, 2.75) is 0 Å². The highest BCUT2D eigenvalue weighted by atomic mass is 16.5. The fourth-order valence-corrected chi connectivity index (χ4v) is 2.85. The number of nitriles is 1. The molecule has 4 rings (SSSR count). The fourth-order valence-electron chi connectivity index (χ4n) is 2.85. The molecule has 0 aliphatic heterocycles. The van der Waals surface area contributed by atoms with Crippen molar-refractivity contribution in [3.63, 3.8) is 0 Å². The summed E-state index contributed by atoms with van der Waals surface area (Å²) in [5.41, 5.74) is 3.91. The van der Waals surface area contributed by atoms with Gasteiger partial charge in [0.05, 0.1) is 41.1 Å². The third-order valence-corrected chi connectivity index (χ3v) is 3.95. The molecule has 0 unspecified atom stereocenters. The topological polar surface area (TPSA) is 63.7 Å². The van der Waals surface area contributed by atoms with Crippen LogP contribution in [0.2, 0.25) is 0 Å². The second-order valence-corrected chi connectivity index (χ2v) is 5.16. The van der Waals surface area contributed by atoms with Gasteiger partial charge < -0.3 is 9.30 Å². The molecule has 0 saturated heterocycles. The highest BCUT2D eigenvalue weighted by Crippen LogP contribution is 2.32. The Hall–Kier alpha value is -3.13. The Morgan fingerprint density at radius 2 is 2.05 bits per heavy atom. The Labute approximate surface area is 126 Å². The first-order valence-corrected chi connectivity index (χ1v) is 6.84. The number of pyridine rings is 1. The molecule has 0 atom stereocenters. The van der Waals surface area contributed by atoms with E-state index < -0.39 is 0 Å². The van der Waals surface area contributed by atoms with Gasteiger partial charge in [-0.3, -0.25) is 0 Å². The average Bonchev–Trinajstić information content (AvgIpc) is 2.93. The molecule has 5 heteroatoms. The van der Waals surface area contributed by atoms with Gasteiger partial charge in [-0.15, -0.1) is 0 Å². The summed E-state index contributed by atoms with van der Waals surface area (Å²) < 4.78 is 7.18. The number of aryl methyl sites for hydroxylation is 1. The van der Waals surface area contributed by atoms with Crippen molar-refractivity contribution in [3.8, 4) is 11.8 Å². The molecular formula is C17H12N4O. The average molecular weight is 288 g/mol. The van der Waals surface area contributed by atoms with E-state index in [1.807, 2.05) is 41.9 Å². The minimum atomic E-state index is 0.604. The molecular weight excluding hydrogens is 276 g/mol. The summed E-state index contributed by atoms with van der Waals surface area (Å²) >= 11 is 0. The lowest BCUT2D eigenvalue weighted by molar-refractivity contribution is 0.415. The largest absolute Gasteiger partial charge is 0.497 e. The van der Waals surface area contributed by atoms with Gasteiger partial charge in [-0.25, -0.2) is 9.97 Å². The molecule has 4 aromatic rings. The first-order chi connectivity index (χ1) is 10.7. The number of hydrogen-bond acceptors (Lipinski definition) is 4. The van der Waals surface area contributed by atoms with Crippen LogP contribution in [0.1, 0.15) is 5.56 Å². The van der Waals surface area contributed by atoms with Crippen molar-refractivity contribution >= 4 is 32.8 Å². The van der Waals surface area contributed by atoms with Gasteiger partial charge in [-0.1, -0.05) is 0 Å². The number of ether oxygens (including phenoxy) is 1. The van der Waals surface area contributed by atoms with Gasteiger partial charge in [0, 0.05) is 23.9 Å². The number of fused-ring (bicyclic) bond motifs is 4. The maximum Gasteiger partial charge on any atom is 0.121 e. The maximum atomic E-state index is 9.68. The zero-order valence-electron chi connectivity index (χ0n) is 12.2. The lowest BCUT2D eigenvalue weighted by Gasteiger charge is -2.07. The van der Waals surface area contributed by atoms with Gasteiger partial charge in [-0.05, 0) is 24.3 Å². The molecule has 0 N–H and O–H groups in total. The highest BCUT2D eigenvalue weighted by molar-refractivity contribution is 6.11. The van der Waals surface area contributed by atoms with E-state index in [4.69, 9.17) is 4.74 Å². The van der Waals surface area contributed by atoms with Crippen LogP contribution < -0.4 is 4.74 Å². The van der Waals surface area contributed by atoms with E-state index in [1.165, 1.54) is 0 Å². The summed E-state index contributed by atoms with van der Waals surface area (Å²) in [6.45, 7) is 0. The zero-order chi connectivity index (χ0) is 15.3. The molecule has 0 amide bonds. The zero-order valence-corrected chi connectivity index (χ0v) is 12.2. The molecule has 0 aliphatic carbocycles. The second kappa shape index (κ2) is 4.43. The molecule has 0 bridgehead atoms. The number of aromatic nitrogens is 3. The van der Waals surface area contributed by atoms with Gasteiger partial charge in [0.25, 0.3) is 0 Å². The molecule has 106 valence electrons. The summed E-state index contributed by atoms with van der Waals surface area (Å²) in [6, 6.07) is 11.8. The molecule has 22 heavy (non-hydrogen) atoms. The summed E-state index contributed by atoms with van der Waals surface area (Å²) in [4.78, 5) is 9.12. The number of rotatable bonds is 1. The Morgan fingerprint density at radius 1 is 1.18 bits per heavy atom. The quantitative estimate of drug-likeness (QED) is 0.505. The van der Waals surface area contributed by atoms with Crippen molar-refractivity contribution in [1.82, 2.24) is 14.5 Å². The van der Waals surface area contributed by atoms with E-state index >= 15 is 0 Å². The molecule has 0 spiro atoms. The normalized spacial score (nSPS) is 11.1. The van der Waals surface area contributed by atoms with Gasteiger partial charge in [-0.2, -0.15) is 5.26 Å². The van der Waals surface area contributed by atoms with Crippen LogP contribution in [0.15, 0.2) is 36.7 Å². The third-order valence-electron chi connectivity index (χ3n) is 3.95. The number of imidazole rings is 1. The summed E-state index contributed by atoms with van der Waals surface area (Å²) in [6.07, 6.45) is 1.75. The van der Waals surface area contributed by atoms with E-state index in [0.717, 1.165) is 38.6 Å². The minimum Gasteiger partial charge on any atom is -0.497 e. The highest BCUT2D eigenvalue weighted by Gasteiger charge is 2.14. The molecule has 0 saturated carbocycles. The molecule has 0 aliphatic rings. The van der Waals surface area contributed by atoms with Crippen LogP contribution in [0, 0.1) is 11.3 Å². The Kier molecular flexibility index (Phi) is 2.54. The van der Waals surface area contributed by atoms with Crippen molar-refractivity contribution < 1.29 is 4.74 Å². The van der Waals surface area contributed by atoms with E-state index in [-0.39, 0.29) is 0 Å². The predicted molar refractivity (Wildman–Crippen MR) is 84.8 cm³/mol. The molecule has 0 radical (unpaired) electrons. The van der Waals surface area contributed by atoms with Crippen LogP contribution in [0.5, 0.6) is 5.75 Å². The van der Waals surface area contributed by atoms with E-state index in [9.17, 15) is 5.26 Å². The van der Waals surface area contributed by atoms with Gasteiger partial charge in [0.2, 0.25) is 0 Å². The SMILES string of the molecule is COc1ccc2c(C#N)c3c(ccc4c3ncn4C)nc2c1. The van der Waals surface area contributed by atoms with Crippen LogP contribution in [-0.2, 0) is 7.05 Å². The summed E-state index contributed by atoms with van der Waals surface area (Å²) in [5.74, 6) is 0.724. The second-order valence-electron chi connectivity index (χ2n) is 5.16.